The van der Waals surface area contributed by atoms with Gasteiger partial charge in [-0.2, -0.15) is 0 Å². The number of aryl methyl sites for hydroxylation is 3. The fraction of sp³-hybridized carbons (Fsp3) is 0.333. The Morgan fingerprint density at radius 2 is 1.65 bits per heavy atom. The third kappa shape index (κ3) is 2.89. The smallest absolute Gasteiger partial charge is 0.125 e. The van der Waals surface area contributed by atoms with Gasteiger partial charge in [-0.15, -0.1) is 11.3 Å². The number of rotatable bonds is 4. The maximum Gasteiger partial charge on any atom is 0.125 e. The minimum absolute atomic E-state index is 0.677. The molecule has 0 N–H and O–H groups in total. The summed E-state index contributed by atoms with van der Waals surface area (Å²) in [5.74, 6) is 1.03. The molecule has 0 atom stereocenters. The molecule has 1 aromatic carbocycles. The Bertz CT molecular complexity index is 479. The zero-order chi connectivity index (χ0) is 12.3. The number of hydrogen-bond donors (Lipinski definition) is 0. The molecular formula is C15H18OS. The fourth-order valence-corrected chi connectivity index (χ4v) is 2.73. The third-order valence-corrected chi connectivity index (χ3v) is 4.04. The average Bonchev–Trinajstić information content (AvgIpc) is 2.76. The SMILES string of the molecule is CCc1ccc(COc2c(C)cccc2C)s1. The summed E-state index contributed by atoms with van der Waals surface area (Å²) < 4.78 is 5.92. The van der Waals surface area contributed by atoms with Gasteiger partial charge >= 0.3 is 0 Å². The second-order valence-corrected chi connectivity index (χ2v) is 5.48. The van der Waals surface area contributed by atoms with Gasteiger partial charge in [0.1, 0.15) is 12.4 Å². The van der Waals surface area contributed by atoms with E-state index in [9.17, 15) is 0 Å². The van der Waals surface area contributed by atoms with E-state index in [1.165, 1.54) is 20.9 Å². The second kappa shape index (κ2) is 5.37. The highest BCUT2D eigenvalue weighted by Crippen LogP contribution is 2.25. The minimum atomic E-state index is 0.677. The van der Waals surface area contributed by atoms with Crippen LogP contribution in [0.3, 0.4) is 0 Å². The molecule has 0 aliphatic heterocycles. The molecule has 1 nitrogen and oxygen atoms in total. The molecule has 0 saturated carbocycles. The lowest BCUT2D eigenvalue weighted by atomic mass is 10.1. The molecule has 0 saturated heterocycles. The first-order valence-electron chi connectivity index (χ1n) is 5.97. The van der Waals surface area contributed by atoms with Crippen molar-refractivity contribution in [3.05, 3.63) is 51.2 Å². The van der Waals surface area contributed by atoms with Crippen molar-refractivity contribution in [3.8, 4) is 5.75 Å². The molecule has 2 heteroatoms. The topological polar surface area (TPSA) is 9.23 Å². The van der Waals surface area contributed by atoms with Crippen molar-refractivity contribution in [3.63, 3.8) is 0 Å². The minimum Gasteiger partial charge on any atom is -0.488 e. The van der Waals surface area contributed by atoms with E-state index < -0.39 is 0 Å². The van der Waals surface area contributed by atoms with E-state index in [4.69, 9.17) is 4.74 Å². The zero-order valence-corrected chi connectivity index (χ0v) is 11.4. The van der Waals surface area contributed by atoms with Crippen LogP contribution in [0.25, 0.3) is 0 Å². The van der Waals surface area contributed by atoms with Gasteiger partial charge in [-0.05, 0) is 43.5 Å². The summed E-state index contributed by atoms with van der Waals surface area (Å²) in [6, 6.07) is 10.6. The van der Waals surface area contributed by atoms with Crippen LogP contribution in [-0.4, -0.2) is 0 Å². The number of thiophene rings is 1. The summed E-state index contributed by atoms with van der Waals surface area (Å²) in [4.78, 5) is 2.72. The molecule has 0 bridgehead atoms. The first kappa shape index (κ1) is 12.2. The van der Waals surface area contributed by atoms with Crippen LogP contribution in [0.1, 0.15) is 27.8 Å². The van der Waals surface area contributed by atoms with Gasteiger partial charge in [0.25, 0.3) is 0 Å². The molecule has 90 valence electrons. The Morgan fingerprint density at radius 3 is 2.24 bits per heavy atom. The predicted molar refractivity (Wildman–Crippen MR) is 73.9 cm³/mol. The predicted octanol–water partition coefficient (Wildman–Crippen LogP) is 4.51. The van der Waals surface area contributed by atoms with Gasteiger partial charge in [-0.1, -0.05) is 25.1 Å². The first-order valence-corrected chi connectivity index (χ1v) is 6.79. The van der Waals surface area contributed by atoms with Crippen molar-refractivity contribution < 1.29 is 4.74 Å². The highest BCUT2D eigenvalue weighted by molar-refractivity contribution is 7.11. The number of para-hydroxylation sites is 1. The quantitative estimate of drug-likeness (QED) is 0.771. The molecule has 0 aliphatic carbocycles. The monoisotopic (exact) mass is 246 g/mol. The summed E-state index contributed by atoms with van der Waals surface area (Å²) in [6.07, 6.45) is 1.11. The Kier molecular flexibility index (Phi) is 3.85. The molecule has 17 heavy (non-hydrogen) atoms. The molecule has 1 heterocycles. The standard InChI is InChI=1S/C15H18OS/c1-4-13-8-9-14(17-13)10-16-15-11(2)6-5-7-12(15)3/h5-9H,4,10H2,1-3H3. The van der Waals surface area contributed by atoms with Gasteiger partial charge in [-0.25, -0.2) is 0 Å². The van der Waals surface area contributed by atoms with Crippen LogP contribution in [0, 0.1) is 13.8 Å². The van der Waals surface area contributed by atoms with Crippen LogP contribution in [-0.2, 0) is 13.0 Å². The fourth-order valence-electron chi connectivity index (χ4n) is 1.86. The van der Waals surface area contributed by atoms with Crippen molar-refractivity contribution in [1.82, 2.24) is 0 Å². The molecule has 1 aromatic heterocycles. The van der Waals surface area contributed by atoms with E-state index in [-0.39, 0.29) is 0 Å². The molecule has 2 rings (SSSR count). The summed E-state index contributed by atoms with van der Waals surface area (Å²) >= 11 is 1.84. The Labute approximate surface area is 107 Å². The molecule has 0 fully saturated rings. The van der Waals surface area contributed by atoms with Gasteiger partial charge < -0.3 is 4.74 Å². The van der Waals surface area contributed by atoms with Crippen molar-refractivity contribution >= 4 is 11.3 Å². The van der Waals surface area contributed by atoms with Crippen molar-refractivity contribution in [2.24, 2.45) is 0 Å². The maximum absolute atomic E-state index is 5.92. The maximum atomic E-state index is 5.92. The van der Waals surface area contributed by atoms with E-state index in [1.807, 2.05) is 11.3 Å². The van der Waals surface area contributed by atoms with Crippen LogP contribution >= 0.6 is 11.3 Å². The van der Waals surface area contributed by atoms with Crippen molar-refractivity contribution in [2.75, 3.05) is 0 Å². The van der Waals surface area contributed by atoms with Crippen molar-refractivity contribution in [2.45, 2.75) is 33.8 Å². The highest BCUT2D eigenvalue weighted by Gasteiger charge is 2.04. The molecule has 0 unspecified atom stereocenters. The van der Waals surface area contributed by atoms with E-state index in [1.54, 1.807) is 0 Å². The normalized spacial score (nSPS) is 10.5. The lowest BCUT2D eigenvalue weighted by Crippen LogP contribution is -1.96. The second-order valence-electron chi connectivity index (χ2n) is 4.23. The molecule has 0 spiro atoms. The van der Waals surface area contributed by atoms with Crippen LogP contribution in [0.4, 0.5) is 0 Å². The molecule has 0 aliphatic rings. The molecule has 0 amide bonds. The van der Waals surface area contributed by atoms with Gasteiger partial charge in [0, 0.05) is 9.75 Å². The zero-order valence-electron chi connectivity index (χ0n) is 10.6. The molecule has 0 radical (unpaired) electrons. The van der Waals surface area contributed by atoms with Crippen LogP contribution < -0.4 is 4.74 Å². The van der Waals surface area contributed by atoms with E-state index in [0.29, 0.717) is 6.61 Å². The highest BCUT2D eigenvalue weighted by atomic mass is 32.1. The van der Waals surface area contributed by atoms with Crippen LogP contribution in [0.2, 0.25) is 0 Å². The van der Waals surface area contributed by atoms with E-state index in [0.717, 1.165) is 12.2 Å². The van der Waals surface area contributed by atoms with E-state index in [2.05, 4.69) is 51.1 Å². The number of benzene rings is 1. The first-order chi connectivity index (χ1) is 8.20. The lowest BCUT2D eigenvalue weighted by molar-refractivity contribution is 0.305. The largest absolute Gasteiger partial charge is 0.488 e. The molecular weight excluding hydrogens is 228 g/mol. The summed E-state index contributed by atoms with van der Waals surface area (Å²) in [7, 11) is 0. The van der Waals surface area contributed by atoms with Gasteiger partial charge in [0.2, 0.25) is 0 Å². The average molecular weight is 246 g/mol. The third-order valence-electron chi connectivity index (χ3n) is 2.83. The van der Waals surface area contributed by atoms with Gasteiger partial charge in [0.05, 0.1) is 0 Å². The van der Waals surface area contributed by atoms with Crippen LogP contribution in [0.5, 0.6) is 5.75 Å². The summed E-state index contributed by atoms with van der Waals surface area (Å²) in [5, 5.41) is 0. The molecule has 2 aromatic rings. The van der Waals surface area contributed by atoms with Gasteiger partial charge in [0.15, 0.2) is 0 Å². The van der Waals surface area contributed by atoms with Gasteiger partial charge in [-0.3, -0.25) is 0 Å². The Balaban J connectivity index is 2.07. The van der Waals surface area contributed by atoms with Crippen LogP contribution in [0.15, 0.2) is 30.3 Å². The Hall–Kier alpha value is -1.28. The summed E-state index contributed by atoms with van der Waals surface area (Å²) in [6.45, 7) is 7.04. The van der Waals surface area contributed by atoms with E-state index >= 15 is 0 Å². The number of hydrogen-bond acceptors (Lipinski definition) is 2. The van der Waals surface area contributed by atoms with Crippen molar-refractivity contribution in [1.29, 1.82) is 0 Å². The Morgan fingerprint density at radius 1 is 1.00 bits per heavy atom. The summed E-state index contributed by atoms with van der Waals surface area (Å²) in [5.41, 5.74) is 2.41. The number of ether oxygens (including phenoxy) is 1. The lowest BCUT2D eigenvalue weighted by Gasteiger charge is -2.10.